The van der Waals surface area contributed by atoms with Crippen molar-refractivity contribution in [2.24, 2.45) is 0 Å². The van der Waals surface area contributed by atoms with Gasteiger partial charge in [-0.1, -0.05) is 30.3 Å². The Kier molecular flexibility index (Phi) is 5.12. The van der Waals surface area contributed by atoms with E-state index >= 15 is 0 Å². The lowest BCUT2D eigenvalue weighted by atomic mass is 9.66. The molecule has 1 aliphatic heterocycles. The Hall–Kier alpha value is -1.58. The number of hydrogen-bond acceptors (Lipinski definition) is 3. The Morgan fingerprint density at radius 2 is 1.92 bits per heavy atom. The molecule has 3 rings (SSSR count). The van der Waals surface area contributed by atoms with Crippen molar-refractivity contribution in [1.29, 1.82) is 0 Å². The molecule has 0 radical (unpaired) electrons. The molecule has 2 atom stereocenters. The average Bonchev–Trinajstić information content (AvgIpc) is 3.06. The second kappa shape index (κ2) is 7.12. The quantitative estimate of drug-likeness (QED) is 0.837. The Morgan fingerprint density at radius 3 is 2.58 bits per heavy atom. The highest BCUT2D eigenvalue weighted by atomic mass is 16.5. The molecule has 3 heteroatoms. The van der Waals surface area contributed by atoms with E-state index in [9.17, 15) is 0 Å². The highest BCUT2D eigenvalue weighted by Crippen LogP contribution is 2.44. The van der Waals surface area contributed by atoms with Crippen LogP contribution >= 0.6 is 0 Å². The molecule has 0 spiro atoms. The summed E-state index contributed by atoms with van der Waals surface area (Å²) in [5.74, 6) is 0.989. The summed E-state index contributed by atoms with van der Waals surface area (Å²) >= 11 is 0. The first-order valence-corrected chi connectivity index (χ1v) is 8.94. The van der Waals surface area contributed by atoms with Crippen LogP contribution < -0.4 is 5.32 Å². The maximum atomic E-state index is 6.01. The SMILES string of the molecule is C[C@H](C[C@@]1(c2ccccc2)CCOC(C)(C)C1)NCc1ccco1. The van der Waals surface area contributed by atoms with Crippen molar-refractivity contribution in [2.45, 2.75) is 63.6 Å². The normalized spacial score (nSPS) is 24.6. The molecular weight excluding hydrogens is 298 g/mol. The first-order valence-electron chi connectivity index (χ1n) is 8.94. The van der Waals surface area contributed by atoms with Crippen LogP contribution in [0.2, 0.25) is 0 Å². The third-order valence-electron chi connectivity index (χ3n) is 5.13. The molecule has 0 aliphatic carbocycles. The molecular formula is C21H29NO2. The summed E-state index contributed by atoms with van der Waals surface area (Å²) in [4.78, 5) is 0. The van der Waals surface area contributed by atoms with Crippen molar-refractivity contribution in [3.63, 3.8) is 0 Å². The Bertz CT molecular complexity index is 621. The number of rotatable bonds is 6. The molecule has 0 unspecified atom stereocenters. The topological polar surface area (TPSA) is 34.4 Å². The largest absolute Gasteiger partial charge is 0.468 e. The molecule has 24 heavy (non-hydrogen) atoms. The molecule has 1 fully saturated rings. The van der Waals surface area contributed by atoms with E-state index in [-0.39, 0.29) is 11.0 Å². The molecule has 130 valence electrons. The first kappa shape index (κ1) is 17.2. The highest BCUT2D eigenvalue weighted by Gasteiger charge is 2.42. The van der Waals surface area contributed by atoms with Crippen molar-refractivity contribution in [3.05, 3.63) is 60.1 Å². The molecule has 1 aromatic heterocycles. The van der Waals surface area contributed by atoms with Crippen molar-refractivity contribution in [2.75, 3.05) is 6.61 Å². The van der Waals surface area contributed by atoms with Gasteiger partial charge in [0, 0.05) is 18.1 Å². The Morgan fingerprint density at radius 1 is 1.12 bits per heavy atom. The van der Waals surface area contributed by atoms with Crippen molar-refractivity contribution < 1.29 is 9.15 Å². The minimum atomic E-state index is -0.0746. The summed E-state index contributed by atoms with van der Waals surface area (Å²) in [5, 5.41) is 3.62. The van der Waals surface area contributed by atoms with Gasteiger partial charge in [0.2, 0.25) is 0 Å². The lowest BCUT2D eigenvalue weighted by molar-refractivity contribution is -0.0855. The predicted molar refractivity (Wildman–Crippen MR) is 97.0 cm³/mol. The van der Waals surface area contributed by atoms with Crippen LogP contribution in [0.5, 0.6) is 0 Å². The van der Waals surface area contributed by atoms with E-state index in [0.29, 0.717) is 6.04 Å². The molecule has 1 aromatic carbocycles. The maximum absolute atomic E-state index is 6.01. The molecule has 0 saturated carbocycles. The summed E-state index contributed by atoms with van der Waals surface area (Å²) < 4.78 is 11.4. The minimum absolute atomic E-state index is 0.0746. The molecule has 1 aliphatic rings. The fourth-order valence-corrected chi connectivity index (χ4v) is 4.15. The average molecular weight is 327 g/mol. The molecule has 2 aromatic rings. The van der Waals surface area contributed by atoms with Crippen molar-refractivity contribution >= 4 is 0 Å². The molecule has 2 heterocycles. The Balaban J connectivity index is 1.75. The molecule has 3 nitrogen and oxygen atoms in total. The van der Waals surface area contributed by atoms with Gasteiger partial charge in [0.25, 0.3) is 0 Å². The third-order valence-corrected chi connectivity index (χ3v) is 5.13. The number of nitrogens with one attached hydrogen (secondary N) is 1. The van der Waals surface area contributed by atoms with Crippen molar-refractivity contribution in [1.82, 2.24) is 5.32 Å². The van der Waals surface area contributed by atoms with E-state index in [1.165, 1.54) is 5.56 Å². The zero-order valence-corrected chi connectivity index (χ0v) is 15.0. The van der Waals surface area contributed by atoms with E-state index in [1.54, 1.807) is 6.26 Å². The van der Waals surface area contributed by atoms with E-state index in [2.05, 4.69) is 56.4 Å². The van der Waals surface area contributed by atoms with E-state index in [4.69, 9.17) is 9.15 Å². The van der Waals surface area contributed by atoms with Gasteiger partial charge >= 0.3 is 0 Å². The summed E-state index contributed by atoms with van der Waals surface area (Å²) in [5.41, 5.74) is 1.53. The van der Waals surface area contributed by atoms with Crippen molar-refractivity contribution in [3.8, 4) is 0 Å². The van der Waals surface area contributed by atoms with Crippen LogP contribution in [-0.4, -0.2) is 18.2 Å². The van der Waals surface area contributed by atoms with Crippen LogP contribution in [-0.2, 0) is 16.7 Å². The van der Waals surface area contributed by atoms with Gasteiger partial charge in [0.1, 0.15) is 5.76 Å². The van der Waals surface area contributed by atoms with E-state index in [1.807, 2.05) is 12.1 Å². The van der Waals surface area contributed by atoms with Gasteiger partial charge in [-0.3, -0.25) is 0 Å². The number of benzene rings is 1. The lowest BCUT2D eigenvalue weighted by Crippen LogP contribution is -2.47. The standard InChI is InChI=1S/C21H29NO2/c1-17(22-15-19-10-7-12-23-19)14-21(18-8-5-4-6-9-18)11-13-24-20(2,3)16-21/h4-10,12,17,22H,11,13-16H2,1-3H3/t17-,21+/m1/s1. The molecule has 1 N–H and O–H groups in total. The van der Waals surface area contributed by atoms with E-state index in [0.717, 1.165) is 38.2 Å². The van der Waals surface area contributed by atoms with Gasteiger partial charge < -0.3 is 14.5 Å². The Labute approximate surface area is 145 Å². The lowest BCUT2D eigenvalue weighted by Gasteiger charge is -2.46. The van der Waals surface area contributed by atoms with Gasteiger partial charge in [0.15, 0.2) is 0 Å². The number of ether oxygens (including phenoxy) is 1. The second-order valence-corrected chi connectivity index (χ2v) is 7.75. The zero-order valence-electron chi connectivity index (χ0n) is 15.0. The minimum Gasteiger partial charge on any atom is -0.468 e. The summed E-state index contributed by atoms with van der Waals surface area (Å²) in [6.07, 6.45) is 4.96. The molecule has 0 bridgehead atoms. The third kappa shape index (κ3) is 4.08. The van der Waals surface area contributed by atoms with Crippen LogP contribution in [0.15, 0.2) is 53.1 Å². The van der Waals surface area contributed by atoms with Gasteiger partial charge in [-0.15, -0.1) is 0 Å². The highest BCUT2D eigenvalue weighted by molar-refractivity contribution is 5.27. The monoisotopic (exact) mass is 327 g/mol. The van der Waals surface area contributed by atoms with Gasteiger partial charge in [0.05, 0.1) is 18.4 Å². The summed E-state index contributed by atoms with van der Waals surface area (Å²) in [7, 11) is 0. The van der Waals surface area contributed by atoms with E-state index < -0.39 is 0 Å². The second-order valence-electron chi connectivity index (χ2n) is 7.75. The zero-order chi connectivity index (χ0) is 17.0. The molecule has 1 saturated heterocycles. The van der Waals surface area contributed by atoms with Gasteiger partial charge in [-0.05, 0) is 57.7 Å². The number of furan rings is 1. The van der Waals surface area contributed by atoms with Crippen LogP contribution in [0.1, 0.15) is 51.4 Å². The maximum Gasteiger partial charge on any atom is 0.117 e. The van der Waals surface area contributed by atoms with Crippen LogP contribution in [0, 0.1) is 0 Å². The summed E-state index contributed by atoms with van der Waals surface area (Å²) in [6.45, 7) is 8.30. The van der Waals surface area contributed by atoms with Crippen LogP contribution in [0.4, 0.5) is 0 Å². The first-order chi connectivity index (χ1) is 11.5. The van der Waals surface area contributed by atoms with Gasteiger partial charge in [-0.25, -0.2) is 0 Å². The van der Waals surface area contributed by atoms with Crippen LogP contribution in [0.25, 0.3) is 0 Å². The fourth-order valence-electron chi connectivity index (χ4n) is 4.15. The molecule has 0 amide bonds. The van der Waals surface area contributed by atoms with Gasteiger partial charge in [-0.2, -0.15) is 0 Å². The summed E-state index contributed by atoms with van der Waals surface area (Å²) in [6, 6.07) is 15.3. The smallest absolute Gasteiger partial charge is 0.117 e. The number of hydrogen-bond donors (Lipinski definition) is 1. The fraction of sp³-hybridized carbons (Fsp3) is 0.524. The predicted octanol–water partition coefficient (Wildman–Crippen LogP) is 4.67. The van der Waals surface area contributed by atoms with Crippen LogP contribution in [0.3, 0.4) is 0 Å².